The summed E-state index contributed by atoms with van der Waals surface area (Å²) in [7, 11) is 0. The van der Waals surface area contributed by atoms with Crippen molar-refractivity contribution in [2.24, 2.45) is 0 Å². The highest BCUT2D eigenvalue weighted by molar-refractivity contribution is 6.11. The molecule has 0 atom stereocenters. The first kappa shape index (κ1) is 27.9. The molecular formula is C45H37NO. The highest BCUT2D eigenvalue weighted by atomic mass is 16.3. The third-order valence-corrected chi connectivity index (χ3v) is 10.4. The van der Waals surface area contributed by atoms with Crippen LogP contribution in [0.3, 0.4) is 0 Å². The van der Waals surface area contributed by atoms with E-state index in [2.05, 4.69) is 167 Å². The monoisotopic (exact) mass is 607 g/mol. The minimum atomic E-state index is -0.113. The summed E-state index contributed by atoms with van der Waals surface area (Å²) in [5.74, 6) is 0. The fourth-order valence-electron chi connectivity index (χ4n) is 8.00. The third kappa shape index (κ3) is 4.11. The van der Waals surface area contributed by atoms with E-state index in [9.17, 15) is 0 Å². The van der Waals surface area contributed by atoms with E-state index in [1.54, 1.807) is 0 Å². The third-order valence-electron chi connectivity index (χ3n) is 10.4. The summed E-state index contributed by atoms with van der Waals surface area (Å²) >= 11 is 0. The van der Waals surface area contributed by atoms with Gasteiger partial charge in [-0.25, -0.2) is 0 Å². The van der Waals surface area contributed by atoms with Crippen molar-refractivity contribution in [3.05, 3.63) is 150 Å². The second kappa shape index (κ2) is 9.83. The second-order valence-corrected chi connectivity index (χ2v) is 14.6. The van der Waals surface area contributed by atoms with Crippen LogP contribution in [0.1, 0.15) is 51.3 Å². The van der Waals surface area contributed by atoms with Gasteiger partial charge in [-0.15, -0.1) is 0 Å². The zero-order chi connectivity index (χ0) is 32.1. The van der Waals surface area contributed by atoms with Crippen LogP contribution in [0, 0.1) is 0 Å². The zero-order valence-electron chi connectivity index (χ0n) is 27.6. The van der Waals surface area contributed by atoms with E-state index in [4.69, 9.17) is 4.42 Å². The molecule has 0 radical (unpaired) electrons. The van der Waals surface area contributed by atoms with E-state index in [-0.39, 0.29) is 10.8 Å². The molecule has 2 heteroatoms. The Morgan fingerprint density at radius 1 is 0.574 bits per heavy atom. The predicted molar refractivity (Wildman–Crippen MR) is 200 cm³/mol. The van der Waals surface area contributed by atoms with Crippen molar-refractivity contribution in [3.8, 4) is 11.1 Å². The maximum absolute atomic E-state index is 6.59. The summed E-state index contributed by atoms with van der Waals surface area (Å²) in [5, 5.41) is 7.42. The molecule has 1 aromatic heterocycles. The van der Waals surface area contributed by atoms with Gasteiger partial charge in [0.05, 0.1) is 5.69 Å². The van der Waals surface area contributed by atoms with Crippen molar-refractivity contribution >= 4 is 60.5 Å². The van der Waals surface area contributed by atoms with Gasteiger partial charge in [0.15, 0.2) is 5.58 Å². The number of furan rings is 1. The summed E-state index contributed by atoms with van der Waals surface area (Å²) in [6.45, 7) is 11.5. The minimum Gasteiger partial charge on any atom is -0.454 e. The van der Waals surface area contributed by atoms with Gasteiger partial charge < -0.3 is 9.32 Å². The topological polar surface area (TPSA) is 16.4 Å². The minimum absolute atomic E-state index is 0.0706. The number of benzene rings is 7. The van der Waals surface area contributed by atoms with E-state index >= 15 is 0 Å². The van der Waals surface area contributed by atoms with Gasteiger partial charge in [0.25, 0.3) is 0 Å². The van der Waals surface area contributed by atoms with Gasteiger partial charge in [0, 0.05) is 27.6 Å². The normalized spacial score (nSPS) is 13.8. The Labute approximate surface area is 275 Å². The van der Waals surface area contributed by atoms with Gasteiger partial charge in [-0.2, -0.15) is 0 Å². The van der Waals surface area contributed by atoms with Crippen LogP contribution in [0.25, 0.3) is 54.6 Å². The van der Waals surface area contributed by atoms with E-state index in [0.29, 0.717) is 0 Å². The molecule has 1 aliphatic carbocycles. The number of hydrogen-bond donors (Lipinski definition) is 0. The van der Waals surface area contributed by atoms with Crippen LogP contribution in [-0.4, -0.2) is 0 Å². The maximum Gasteiger partial charge on any atom is 0.159 e. The molecule has 1 heterocycles. The molecule has 0 spiro atoms. The fourth-order valence-corrected chi connectivity index (χ4v) is 8.00. The Hall–Kier alpha value is -5.34. The molecule has 0 saturated heterocycles. The Balaban J connectivity index is 1.27. The van der Waals surface area contributed by atoms with Crippen LogP contribution in [0.5, 0.6) is 0 Å². The summed E-state index contributed by atoms with van der Waals surface area (Å²) < 4.78 is 6.59. The van der Waals surface area contributed by atoms with Crippen molar-refractivity contribution in [1.29, 1.82) is 0 Å². The Morgan fingerprint density at radius 3 is 2.09 bits per heavy atom. The summed E-state index contributed by atoms with van der Waals surface area (Å²) in [5.41, 5.74) is 11.8. The Bertz CT molecular complexity index is 2520. The number of fused-ring (bicyclic) bond motifs is 10. The summed E-state index contributed by atoms with van der Waals surface area (Å²) in [6.07, 6.45) is 0. The average Bonchev–Trinajstić information content (AvgIpc) is 3.57. The molecular weight excluding hydrogens is 571 g/mol. The fraction of sp³-hybridized carbons (Fsp3) is 0.156. The maximum atomic E-state index is 6.59. The number of rotatable bonds is 3. The number of para-hydroxylation sites is 2. The highest BCUT2D eigenvalue weighted by Gasteiger charge is 2.38. The van der Waals surface area contributed by atoms with E-state index in [1.807, 2.05) is 6.07 Å². The molecule has 0 amide bonds. The van der Waals surface area contributed by atoms with E-state index < -0.39 is 0 Å². The molecule has 47 heavy (non-hydrogen) atoms. The number of hydrogen-bond acceptors (Lipinski definition) is 2. The van der Waals surface area contributed by atoms with Gasteiger partial charge in [-0.3, -0.25) is 0 Å². The average molecular weight is 608 g/mol. The van der Waals surface area contributed by atoms with Crippen LogP contribution < -0.4 is 4.90 Å². The molecule has 0 unspecified atom stereocenters. The first-order chi connectivity index (χ1) is 22.7. The number of anilines is 3. The molecule has 7 aromatic carbocycles. The molecule has 8 aromatic rings. The van der Waals surface area contributed by atoms with E-state index in [1.165, 1.54) is 49.4 Å². The number of nitrogens with zero attached hydrogens (tertiary/aromatic N) is 1. The first-order valence-corrected chi connectivity index (χ1v) is 16.6. The van der Waals surface area contributed by atoms with Gasteiger partial charge >= 0.3 is 0 Å². The van der Waals surface area contributed by atoms with E-state index in [0.717, 1.165) is 39.0 Å². The van der Waals surface area contributed by atoms with Crippen LogP contribution in [-0.2, 0) is 10.8 Å². The summed E-state index contributed by atoms with van der Waals surface area (Å²) in [4.78, 5) is 2.36. The van der Waals surface area contributed by atoms with Crippen molar-refractivity contribution in [2.75, 3.05) is 4.90 Å². The predicted octanol–water partition coefficient (Wildman–Crippen LogP) is 13.0. The molecule has 0 bridgehead atoms. The lowest BCUT2D eigenvalue weighted by Gasteiger charge is -2.28. The highest BCUT2D eigenvalue weighted by Crippen LogP contribution is 2.54. The molecule has 1 aliphatic rings. The van der Waals surface area contributed by atoms with Crippen LogP contribution in [0.15, 0.2) is 138 Å². The summed E-state index contributed by atoms with van der Waals surface area (Å²) in [6, 6.07) is 48.9. The largest absolute Gasteiger partial charge is 0.454 e. The van der Waals surface area contributed by atoms with Crippen molar-refractivity contribution < 1.29 is 4.42 Å². The lowest BCUT2D eigenvalue weighted by Crippen LogP contribution is -2.16. The molecule has 0 fully saturated rings. The standard InChI is InChI=1S/C45H37NO/c1-44(2,3)30-19-21-31(22-20-30)46(39-15-10-14-36-35-13-8-9-16-40(35)47-43(36)39)32-23-25-34-29(27-32)17-24-37-41-33-12-7-6-11-28(33)18-26-38(41)45(4,5)42(34)37/h6-27H,1-5H3. The lowest BCUT2D eigenvalue weighted by atomic mass is 9.80. The zero-order valence-corrected chi connectivity index (χ0v) is 27.6. The van der Waals surface area contributed by atoms with Crippen molar-refractivity contribution in [2.45, 2.75) is 45.4 Å². The Kier molecular flexibility index (Phi) is 5.84. The van der Waals surface area contributed by atoms with Crippen molar-refractivity contribution in [3.63, 3.8) is 0 Å². The molecule has 0 N–H and O–H groups in total. The van der Waals surface area contributed by atoms with Crippen LogP contribution >= 0.6 is 0 Å². The van der Waals surface area contributed by atoms with Gasteiger partial charge in [0.1, 0.15) is 5.58 Å². The van der Waals surface area contributed by atoms with Crippen molar-refractivity contribution in [1.82, 2.24) is 0 Å². The van der Waals surface area contributed by atoms with Gasteiger partial charge in [-0.05, 0) is 91.2 Å². The van der Waals surface area contributed by atoms with Gasteiger partial charge in [-0.1, -0.05) is 132 Å². The SMILES string of the molecule is CC(C)(C)c1ccc(N(c2ccc3c4c(ccc3c2)-c2c(ccc3ccccc23)C4(C)C)c2cccc3c2oc2ccccc23)cc1. The van der Waals surface area contributed by atoms with Crippen LogP contribution in [0.4, 0.5) is 17.1 Å². The second-order valence-electron chi connectivity index (χ2n) is 14.6. The molecule has 0 saturated carbocycles. The Morgan fingerprint density at radius 2 is 1.28 bits per heavy atom. The lowest BCUT2D eigenvalue weighted by molar-refractivity contribution is 0.590. The quantitative estimate of drug-likeness (QED) is 0.199. The molecule has 228 valence electrons. The van der Waals surface area contributed by atoms with Crippen LogP contribution in [0.2, 0.25) is 0 Å². The smallest absolute Gasteiger partial charge is 0.159 e. The van der Waals surface area contributed by atoms with Gasteiger partial charge in [0.2, 0.25) is 0 Å². The molecule has 2 nitrogen and oxygen atoms in total. The first-order valence-electron chi connectivity index (χ1n) is 16.6. The molecule has 9 rings (SSSR count). The molecule has 0 aliphatic heterocycles.